The molecule has 0 radical (unpaired) electrons. The molecule has 0 unspecified atom stereocenters. The number of thiophene rings is 1. The summed E-state index contributed by atoms with van der Waals surface area (Å²) in [5.41, 5.74) is 0.918. The largest absolute Gasteiger partial charge is 0.481 e. The maximum atomic E-state index is 12.3. The fourth-order valence-electron chi connectivity index (χ4n) is 2.87. The summed E-state index contributed by atoms with van der Waals surface area (Å²) in [6, 6.07) is 1.92. The molecular formula is C16H19N3O4S. The van der Waals surface area contributed by atoms with Gasteiger partial charge in [-0.15, -0.1) is 0 Å². The second-order valence-corrected chi connectivity index (χ2v) is 6.73. The highest BCUT2D eigenvalue weighted by Gasteiger charge is 2.24. The standard InChI is InChI=1S/C16H19N3O4S/c20-14(19-6-3-11(4-7-19)9-15(21)22)2-1-13-17-16(18-23-13)12-5-8-24-10-12/h5,8,10-11H,1-4,6-7,9H2,(H,21,22). The van der Waals surface area contributed by atoms with Crippen LogP contribution in [0.25, 0.3) is 11.4 Å². The average Bonchev–Trinajstić information content (AvgIpc) is 3.24. The summed E-state index contributed by atoms with van der Waals surface area (Å²) < 4.78 is 5.19. The third kappa shape index (κ3) is 4.19. The molecule has 8 heteroatoms. The Bertz CT molecular complexity index is 690. The third-order valence-electron chi connectivity index (χ3n) is 4.23. The van der Waals surface area contributed by atoms with Crippen molar-refractivity contribution in [2.75, 3.05) is 13.1 Å². The van der Waals surface area contributed by atoms with Crippen molar-refractivity contribution in [3.8, 4) is 11.4 Å². The lowest BCUT2D eigenvalue weighted by Crippen LogP contribution is -2.39. The summed E-state index contributed by atoms with van der Waals surface area (Å²) in [6.07, 6.45) is 2.44. The number of carbonyl (C=O) groups is 2. The van der Waals surface area contributed by atoms with Gasteiger partial charge in [-0.2, -0.15) is 16.3 Å². The van der Waals surface area contributed by atoms with Gasteiger partial charge >= 0.3 is 5.97 Å². The summed E-state index contributed by atoms with van der Waals surface area (Å²) in [7, 11) is 0. The minimum atomic E-state index is -0.766. The van der Waals surface area contributed by atoms with Gasteiger partial charge in [-0.05, 0) is 30.2 Å². The number of carboxylic acid groups (broad SMARTS) is 1. The lowest BCUT2D eigenvalue weighted by atomic mass is 9.93. The highest BCUT2D eigenvalue weighted by atomic mass is 32.1. The number of nitrogens with zero attached hydrogens (tertiary/aromatic N) is 3. The van der Waals surface area contributed by atoms with Gasteiger partial charge in [0, 0.05) is 43.3 Å². The van der Waals surface area contributed by atoms with Crippen LogP contribution >= 0.6 is 11.3 Å². The maximum Gasteiger partial charge on any atom is 0.303 e. The number of hydrogen-bond donors (Lipinski definition) is 1. The van der Waals surface area contributed by atoms with Crippen LogP contribution in [0, 0.1) is 5.92 Å². The van der Waals surface area contributed by atoms with Crippen molar-refractivity contribution in [3.63, 3.8) is 0 Å². The number of carbonyl (C=O) groups excluding carboxylic acids is 1. The molecule has 3 rings (SSSR count). The smallest absolute Gasteiger partial charge is 0.303 e. The fraction of sp³-hybridized carbons (Fsp3) is 0.500. The van der Waals surface area contributed by atoms with E-state index < -0.39 is 5.97 Å². The van der Waals surface area contributed by atoms with Crippen molar-refractivity contribution in [1.29, 1.82) is 0 Å². The molecule has 7 nitrogen and oxygen atoms in total. The molecule has 0 saturated carbocycles. The van der Waals surface area contributed by atoms with Gasteiger partial charge < -0.3 is 14.5 Å². The summed E-state index contributed by atoms with van der Waals surface area (Å²) >= 11 is 1.57. The molecular weight excluding hydrogens is 330 g/mol. The molecule has 1 fully saturated rings. The minimum absolute atomic E-state index is 0.0547. The van der Waals surface area contributed by atoms with Crippen molar-refractivity contribution in [2.45, 2.75) is 32.1 Å². The van der Waals surface area contributed by atoms with Gasteiger partial charge in [0.05, 0.1) is 0 Å². The Hall–Kier alpha value is -2.22. The van der Waals surface area contributed by atoms with E-state index in [1.54, 1.807) is 16.2 Å². The molecule has 0 aromatic carbocycles. The van der Waals surface area contributed by atoms with Crippen LogP contribution in [0.5, 0.6) is 0 Å². The molecule has 24 heavy (non-hydrogen) atoms. The van der Waals surface area contributed by atoms with E-state index in [9.17, 15) is 9.59 Å². The Morgan fingerprint density at radius 3 is 2.83 bits per heavy atom. The molecule has 2 aromatic rings. The first-order valence-corrected chi connectivity index (χ1v) is 8.91. The number of rotatable bonds is 6. The zero-order valence-electron chi connectivity index (χ0n) is 13.2. The first kappa shape index (κ1) is 16.6. The molecule has 2 aromatic heterocycles. The zero-order valence-corrected chi connectivity index (χ0v) is 14.0. The van der Waals surface area contributed by atoms with Crippen LogP contribution in [0.15, 0.2) is 21.3 Å². The van der Waals surface area contributed by atoms with Gasteiger partial charge in [-0.1, -0.05) is 5.16 Å². The second-order valence-electron chi connectivity index (χ2n) is 5.95. The van der Waals surface area contributed by atoms with Gasteiger partial charge in [-0.3, -0.25) is 9.59 Å². The van der Waals surface area contributed by atoms with Crippen LogP contribution in [0.1, 0.15) is 31.6 Å². The quantitative estimate of drug-likeness (QED) is 0.860. The molecule has 1 aliphatic heterocycles. The Balaban J connectivity index is 1.45. The molecule has 1 amide bonds. The Labute approximate surface area is 143 Å². The monoisotopic (exact) mass is 349 g/mol. The Morgan fingerprint density at radius 1 is 1.38 bits per heavy atom. The van der Waals surface area contributed by atoms with Crippen LogP contribution in [-0.4, -0.2) is 45.1 Å². The number of aliphatic carboxylic acids is 1. The second kappa shape index (κ2) is 7.57. The number of amides is 1. The summed E-state index contributed by atoms with van der Waals surface area (Å²) in [4.78, 5) is 29.1. The summed E-state index contributed by atoms with van der Waals surface area (Å²) in [6.45, 7) is 1.25. The topological polar surface area (TPSA) is 96.5 Å². The zero-order chi connectivity index (χ0) is 16.9. The highest BCUT2D eigenvalue weighted by Crippen LogP contribution is 2.22. The van der Waals surface area contributed by atoms with Gasteiger partial charge in [0.2, 0.25) is 17.6 Å². The van der Waals surface area contributed by atoms with Crippen molar-refractivity contribution in [3.05, 3.63) is 22.7 Å². The molecule has 1 aliphatic rings. The van der Waals surface area contributed by atoms with Crippen molar-refractivity contribution in [1.82, 2.24) is 15.0 Å². The lowest BCUT2D eigenvalue weighted by Gasteiger charge is -2.31. The first-order chi connectivity index (χ1) is 11.6. The van der Waals surface area contributed by atoms with E-state index in [-0.39, 0.29) is 18.2 Å². The van der Waals surface area contributed by atoms with E-state index in [4.69, 9.17) is 9.63 Å². The van der Waals surface area contributed by atoms with E-state index in [0.29, 0.717) is 37.6 Å². The third-order valence-corrected chi connectivity index (χ3v) is 4.91. The number of likely N-dealkylation sites (tertiary alicyclic amines) is 1. The molecule has 1 saturated heterocycles. The summed E-state index contributed by atoms with van der Waals surface area (Å²) in [5, 5.41) is 16.6. The molecule has 0 spiro atoms. The number of aryl methyl sites for hydroxylation is 1. The molecule has 0 bridgehead atoms. The molecule has 1 N–H and O–H groups in total. The van der Waals surface area contributed by atoms with Gasteiger partial charge in [-0.25, -0.2) is 0 Å². The van der Waals surface area contributed by atoms with Crippen molar-refractivity contribution < 1.29 is 19.2 Å². The number of carboxylic acids is 1. The Kier molecular flexibility index (Phi) is 5.24. The van der Waals surface area contributed by atoms with Crippen molar-refractivity contribution >= 4 is 23.2 Å². The Morgan fingerprint density at radius 2 is 2.17 bits per heavy atom. The van der Waals surface area contributed by atoms with Crippen LogP contribution < -0.4 is 0 Å². The van der Waals surface area contributed by atoms with Crippen LogP contribution in [0.4, 0.5) is 0 Å². The van der Waals surface area contributed by atoms with Crippen LogP contribution in [0.2, 0.25) is 0 Å². The van der Waals surface area contributed by atoms with Crippen LogP contribution in [-0.2, 0) is 16.0 Å². The lowest BCUT2D eigenvalue weighted by molar-refractivity contribution is -0.138. The van der Waals surface area contributed by atoms with E-state index >= 15 is 0 Å². The van der Waals surface area contributed by atoms with Gasteiger partial charge in [0.25, 0.3) is 0 Å². The number of hydrogen-bond acceptors (Lipinski definition) is 6. The van der Waals surface area contributed by atoms with Crippen molar-refractivity contribution in [2.24, 2.45) is 5.92 Å². The van der Waals surface area contributed by atoms with Gasteiger partial charge in [0.15, 0.2) is 0 Å². The number of piperidine rings is 1. The van der Waals surface area contributed by atoms with E-state index in [1.807, 2.05) is 16.8 Å². The predicted octanol–water partition coefficient (Wildman–Crippen LogP) is 2.44. The summed E-state index contributed by atoms with van der Waals surface area (Å²) in [5.74, 6) is 0.478. The molecule has 128 valence electrons. The number of aromatic nitrogens is 2. The predicted molar refractivity (Wildman–Crippen MR) is 87.5 cm³/mol. The van der Waals surface area contributed by atoms with E-state index in [1.165, 1.54) is 0 Å². The average molecular weight is 349 g/mol. The molecule has 0 atom stereocenters. The first-order valence-electron chi connectivity index (χ1n) is 7.96. The fourth-order valence-corrected chi connectivity index (χ4v) is 3.51. The van der Waals surface area contributed by atoms with E-state index in [2.05, 4.69) is 10.1 Å². The maximum absolute atomic E-state index is 12.3. The minimum Gasteiger partial charge on any atom is -0.481 e. The SMILES string of the molecule is O=C(O)CC1CCN(C(=O)CCc2nc(-c3ccsc3)no2)CC1. The molecule has 0 aliphatic carbocycles. The molecule has 3 heterocycles. The normalized spacial score (nSPS) is 15.6. The van der Waals surface area contributed by atoms with Crippen LogP contribution in [0.3, 0.4) is 0 Å². The highest BCUT2D eigenvalue weighted by molar-refractivity contribution is 7.08. The van der Waals surface area contributed by atoms with E-state index in [0.717, 1.165) is 18.4 Å². The van der Waals surface area contributed by atoms with Gasteiger partial charge in [0.1, 0.15) is 0 Å².